The number of nitrogens with zero attached hydrogens (tertiary/aromatic N) is 2. The van der Waals surface area contributed by atoms with E-state index in [9.17, 15) is 27.9 Å². The summed E-state index contributed by atoms with van der Waals surface area (Å²) in [6.07, 6.45) is 2.70. The number of β-lactam (4-membered cyclic amide) rings is 1. The molecule has 0 aliphatic carbocycles. The molecule has 0 bridgehead atoms. The zero-order valence-corrected chi connectivity index (χ0v) is 17.8. The van der Waals surface area contributed by atoms with E-state index >= 15 is 0 Å². The van der Waals surface area contributed by atoms with Crippen LogP contribution >= 0.6 is 0 Å². The van der Waals surface area contributed by atoms with Crippen molar-refractivity contribution in [2.24, 2.45) is 0 Å². The SMILES string of the molecule is C[C@]1(COC(=O)Cc2ccccc2)[C@H](C(=O)[O-])N2C(=O)/C(=C/c3ccccn3)C2S1(=O)=O. The molecule has 0 radical (unpaired) electrons. The van der Waals surface area contributed by atoms with Gasteiger partial charge in [-0.2, -0.15) is 0 Å². The van der Waals surface area contributed by atoms with Crippen LogP contribution in [0.3, 0.4) is 0 Å². The minimum Gasteiger partial charge on any atom is -0.548 e. The van der Waals surface area contributed by atoms with E-state index in [2.05, 4.69) is 4.98 Å². The molecule has 4 rings (SSSR count). The van der Waals surface area contributed by atoms with Gasteiger partial charge in [0.05, 0.1) is 29.7 Å². The molecular formula is C22H19N2O7S-. The fraction of sp³-hybridized carbons (Fsp3) is 0.273. The van der Waals surface area contributed by atoms with Gasteiger partial charge in [-0.05, 0) is 30.7 Å². The second-order valence-corrected chi connectivity index (χ2v) is 10.3. The summed E-state index contributed by atoms with van der Waals surface area (Å²) in [6, 6.07) is 11.8. The second kappa shape index (κ2) is 7.86. The molecule has 10 heteroatoms. The maximum atomic E-state index is 13.4. The number of hydrogen-bond acceptors (Lipinski definition) is 8. The Hall–Kier alpha value is -3.53. The van der Waals surface area contributed by atoms with Gasteiger partial charge < -0.3 is 19.5 Å². The monoisotopic (exact) mass is 455 g/mol. The van der Waals surface area contributed by atoms with Gasteiger partial charge in [0.2, 0.25) is 0 Å². The van der Waals surface area contributed by atoms with Crippen molar-refractivity contribution in [1.29, 1.82) is 0 Å². The normalized spacial score (nSPS) is 27.0. The molecule has 166 valence electrons. The van der Waals surface area contributed by atoms with Crippen molar-refractivity contribution >= 4 is 33.8 Å². The highest BCUT2D eigenvalue weighted by Gasteiger charge is 2.70. The second-order valence-electron chi connectivity index (χ2n) is 7.82. The largest absolute Gasteiger partial charge is 0.548 e. The average molecular weight is 455 g/mol. The molecule has 3 heterocycles. The van der Waals surface area contributed by atoms with Crippen LogP contribution in [0.5, 0.6) is 0 Å². The molecule has 2 aliphatic rings. The number of carboxylic acid groups (broad SMARTS) is 1. The van der Waals surface area contributed by atoms with Crippen LogP contribution in [-0.4, -0.2) is 58.9 Å². The van der Waals surface area contributed by atoms with Gasteiger partial charge >= 0.3 is 5.97 Å². The van der Waals surface area contributed by atoms with Crippen LogP contribution in [0.2, 0.25) is 0 Å². The maximum Gasteiger partial charge on any atom is 0.310 e. The lowest BCUT2D eigenvalue weighted by Gasteiger charge is -2.40. The van der Waals surface area contributed by atoms with Gasteiger partial charge in [0, 0.05) is 6.20 Å². The molecular weight excluding hydrogens is 436 g/mol. The Morgan fingerprint density at radius 2 is 1.88 bits per heavy atom. The molecule has 0 saturated carbocycles. The summed E-state index contributed by atoms with van der Waals surface area (Å²) < 4.78 is 29.9. The Bertz CT molecular complexity index is 1210. The van der Waals surface area contributed by atoms with Crippen molar-refractivity contribution in [3.63, 3.8) is 0 Å². The molecule has 1 aromatic heterocycles. The minimum absolute atomic E-state index is 0.0886. The zero-order chi connectivity index (χ0) is 23.1. The van der Waals surface area contributed by atoms with Crippen molar-refractivity contribution in [2.75, 3.05) is 6.61 Å². The standard InChI is InChI=1S/C22H20N2O7S/c1-22(13-31-17(25)11-14-7-3-2-4-8-14)18(21(27)28)24-19(26)16(20(24)32(22,29)30)12-15-9-5-6-10-23-15/h2-10,12,18,20H,11,13H2,1H3,(H,27,28)/p-1/b16-12-/t18-,20?,22-/m0/s1. The van der Waals surface area contributed by atoms with Gasteiger partial charge in [-0.15, -0.1) is 0 Å². The summed E-state index contributed by atoms with van der Waals surface area (Å²) in [5.74, 6) is -3.18. The van der Waals surface area contributed by atoms with Crippen molar-refractivity contribution in [1.82, 2.24) is 9.88 Å². The number of aliphatic carboxylic acids is 1. The van der Waals surface area contributed by atoms with Gasteiger partial charge in [0.25, 0.3) is 5.91 Å². The summed E-state index contributed by atoms with van der Waals surface area (Å²) in [4.78, 5) is 41.7. The van der Waals surface area contributed by atoms with E-state index in [4.69, 9.17) is 4.74 Å². The van der Waals surface area contributed by atoms with Crippen LogP contribution in [0.1, 0.15) is 18.2 Å². The number of sulfone groups is 1. The van der Waals surface area contributed by atoms with Gasteiger partial charge in [0.1, 0.15) is 11.4 Å². The molecule has 3 atom stereocenters. The summed E-state index contributed by atoms with van der Waals surface area (Å²) in [5, 5.41) is 10.4. The Balaban J connectivity index is 1.61. The van der Waals surface area contributed by atoms with E-state index in [1.807, 2.05) is 0 Å². The molecule has 9 nitrogen and oxygen atoms in total. The third kappa shape index (κ3) is 3.36. The summed E-state index contributed by atoms with van der Waals surface area (Å²) in [5.41, 5.74) is 0.931. The number of fused-ring (bicyclic) bond motifs is 1. The van der Waals surface area contributed by atoms with Gasteiger partial charge in [-0.3, -0.25) is 14.6 Å². The number of benzene rings is 1. The third-order valence-corrected chi connectivity index (χ3v) is 8.44. The first-order valence-corrected chi connectivity index (χ1v) is 11.3. The van der Waals surface area contributed by atoms with Crippen LogP contribution in [0, 0.1) is 0 Å². The van der Waals surface area contributed by atoms with Crippen molar-refractivity contribution in [2.45, 2.75) is 29.5 Å². The maximum absolute atomic E-state index is 13.4. The first kappa shape index (κ1) is 21.7. The topological polar surface area (TPSA) is 134 Å². The van der Waals surface area contributed by atoms with Crippen molar-refractivity contribution in [3.8, 4) is 0 Å². The van der Waals surface area contributed by atoms with Crippen LogP contribution in [0.15, 0.2) is 60.3 Å². The highest BCUT2D eigenvalue weighted by Crippen LogP contribution is 2.49. The molecule has 0 N–H and O–H groups in total. The van der Waals surface area contributed by atoms with E-state index in [1.54, 1.807) is 48.5 Å². The van der Waals surface area contributed by atoms with E-state index in [-0.39, 0.29) is 12.0 Å². The Labute approximate surface area is 184 Å². The molecule has 2 fully saturated rings. The molecule has 1 amide bonds. The van der Waals surface area contributed by atoms with E-state index in [0.29, 0.717) is 11.3 Å². The number of hydrogen-bond donors (Lipinski definition) is 0. The lowest BCUT2D eigenvalue weighted by atomic mass is 9.94. The fourth-order valence-electron chi connectivity index (χ4n) is 4.03. The summed E-state index contributed by atoms with van der Waals surface area (Å²) in [6.45, 7) is 0.430. The lowest BCUT2D eigenvalue weighted by Crippen LogP contribution is -2.62. The number of rotatable bonds is 6. The first-order chi connectivity index (χ1) is 15.2. The fourth-order valence-corrected chi connectivity index (χ4v) is 6.31. The minimum atomic E-state index is -4.28. The Morgan fingerprint density at radius 1 is 1.19 bits per heavy atom. The van der Waals surface area contributed by atoms with E-state index in [0.717, 1.165) is 11.8 Å². The van der Waals surface area contributed by atoms with E-state index in [1.165, 1.54) is 12.3 Å². The lowest BCUT2D eigenvalue weighted by molar-refractivity contribution is -0.312. The quantitative estimate of drug-likeness (QED) is 0.330. The predicted octanol–water partition coefficient (Wildman–Crippen LogP) is -0.275. The third-order valence-electron chi connectivity index (χ3n) is 5.73. The van der Waals surface area contributed by atoms with E-state index < -0.39 is 50.5 Å². The number of carbonyl (C=O) groups excluding carboxylic acids is 3. The van der Waals surface area contributed by atoms with Crippen LogP contribution in [-0.2, 0) is 35.4 Å². The van der Waals surface area contributed by atoms with Crippen molar-refractivity contribution in [3.05, 3.63) is 71.6 Å². The highest BCUT2D eigenvalue weighted by atomic mass is 32.2. The van der Waals surface area contributed by atoms with Crippen molar-refractivity contribution < 1.29 is 32.6 Å². The molecule has 1 aromatic carbocycles. The molecule has 32 heavy (non-hydrogen) atoms. The number of pyridine rings is 1. The van der Waals surface area contributed by atoms with Gasteiger partial charge in [0.15, 0.2) is 15.2 Å². The van der Waals surface area contributed by atoms with Crippen LogP contribution in [0.25, 0.3) is 6.08 Å². The first-order valence-electron chi connectivity index (χ1n) is 9.76. The van der Waals surface area contributed by atoms with Crippen LogP contribution < -0.4 is 5.11 Å². The number of carbonyl (C=O) groups is 3. The average Bonchev–Trinajstić information content (AvgIpc) is 2.93. The summed E-state index contributed by atoms with van der Waals surface area (Å²) >= 11 is 0. The number of aromatic nitrogens is 1. The smallest absolute Gasteiger partial charge is 0.310 e. The molecule has 2 saturated heterocycles. The Morgan fingerprint density at radius 3 is 2.50 bits per heavy atom. The zero-order valence-electron chi connectivity index (χ0n) is 17.0. The van der Waals surface area contributed by atoms with Gasteiger partial charge in [-0.25, -0.2) is 8.42 Å². The number of ether oxygens (including phenoxy) is 1. The summed E-state index contributed by atoms with van der Waals surface area (Å²) in [7, 11) is -4.28. The number of amides is 1. The Kier molecular flexibility index (Phi) is 5.33. The highest BCUT2D eigenvalue weighted by molar-refractivity contribution is 7.94. The number of carboxylic acids is 1. The number of esters is 1. The molecule has 2 aliphatic heterocycles. The predicted molar refractivity (Wildman–Crippen MR) is 110 cm³/mol. The van der Waals surface area contributed by atoms with Gasteiger partial charge in [-0.1, -0.05) is 36.4 Å². The molecule has 1 unspecified atom stereocenters. The molecule has 0 spiro atoms. The van der Waals surface area contributed by atoms with Crippen LogP contribution in [0.4, 0.5) is 0 Å². The molecule has 2 aromatic rings.